The van der Waals surface area contributed by atoms with Crippen molar-refractivity contribution in [3.63, 3.8) is 0 Å². The fraction of sp³-hybridized carbons (Fsp3) is 0.333. The fourth-order valence-corrected chi connectivity index (χ4v) is 0.627. The summed E-state index contributed by atoms with van der Waals surface area (Å²) in [5.74, 6) is -8.20. The number of aliphatic hydroxyl groups excluding tert-OH is 2. The third-order valence-electron chi connectivity index (χ3n) is 1.73. The number of rotatable bonds is 8. The Hall–Kier alpha value is -3.52. The quantitative estimate of drug-likeness (QED) is 0.201. The van der Waals surface area contributed by atoms with Gasteiger partial charge in [-0.2, -0.15) is 0 Å². The SMILES string of the molecule is O=C(O)/C=C/C(=O)O.O=C(O)C(O)C(O)C(=O)O.O=C(O)CCC(=O)O. The zero-order valence-corrected chi connectivity index (χ0v) is 12.8. The van der Waals surface area contributed by atoms with E-state index in [0.29, 0.717) is 12.2 Å². The lowest BCUT2D eigenvalue weighted by Crippen LogP contribution is -2.39. The number of aliphatic hydroxyl groups is 2. The molecule has 26 heavy (non-hydrogen) atoms. The molecular formula is C12H16O14. The Morgan fingerprint density at radius 3 is 0.923 bits per heavy atom. The second-order valence-electron chi connectivity index (χ2n) is 3.86. The summed E-state index contributed by atoms with van der Waals surface area (Å²) in [5, 5.41) is 63.9. The van der Waals surface area contributed by atoms with E-state index in [9.17, 15) is 28.8 Å². The van der Waals surface area contributed by atoms with Crippen LogP contribution in [0.15, 0.2) is 12.2 Å². The molecule has 0 heterocycles. The number of carboxylic acids is 6. The molecule has 0 spiro atoms. The highest BCUT2D eigenvalue weighted by atomic mass is 16.4. The molecule has 0 radical (unpaired) electrons. The highest BCUT2D eigenvalue weighted by Crippen LogP contribution is 1.92. The summed E-state index contributed by atoms with van der Waals surface area (Å²) in [6, 6.07) is 0. The number of aliphatic carboxylic acids is 6. The average molecular weight is 384 g/mol. The maximum Gasteiger partial charge on any atom is 0.335 e. The topological polar surface area (TPSA) is 264 Å². The van der Waals surface area contributed by atoms with Crippen LogP contribution in [0.5, 0.6) is 0 Å². The van der Waals surface area contributed by atoms with Gasteiger partial charge >= 0.3 is 35.8 Å². The highest BCUT2D eigenvalue weighted by Gasteiger charge is 2.29. The molecule has 0 saturated carbocycles. The first-order chi connectivity index (χ1) is 11.7. The van der Waals surface area contributed by atoms with E-state index >= 15 is 0 Å². The molecule has 0 bridgehead atoms. The summed E-state index contributed by atoms with van der Waals surface area (Å²) in [6.45, 7) is 0. The van der Waals surface area contributed by atoms with E-state index < -0.39 is 48.0 Å². The molecule has 0 aromatic carbocycles. The van der Waals surface area contributed by atoms with Gasteiger partial charge in [0.15, 0.2) is 12.2 Å². The second kappa shape index (κ2) is 15.0. The van der Waals surface area contributed by atoms with Gasteiger partial charge in [-0.3, -0.25) is 9.59 Å². The van der Waals surface area contributed by atoms with E-state index in [-0.39, 0.29) is 12.8 Å². The van der Waals surface area contributed by atoms with Gasteiger partial charge in [0.25, 0.3) is 0 Å². The molecule has 0 aliphatic heterocycles. The van der Waals surface area contributed by atoms with Gasteiger partial charge in [0.05, 0.1) is 12.8 Å². The summed E-state index contributed by atoms with van der Waals surface area (Å²) in [6.07, 6.45) is -4.01. The van der Waals surface area contributed by atoms with Crippen LogP contribution in [0.25, 0.3) is 0 Å². The van der Waals surface area contributed by atoms with Crippen LogP contribution in [-0.4, -0.2) is 88.9 Å². The molecule has 148 valence electrons. The minimum absolute atomic E-state index is 0.296. The first kappa shape index (κ1) is 27.3. The molecule has 0 aromatic rings. The Labute approximate surface area is 143 Å². The van der Waals surface area contributed by atoms with Gasteiger partial charge in [-0.05, 0) is 0 Å². The van der Waals surface area contributed by atoms with E-state index in [1.807, 2.05) is 0 Å². The number of hydrogen-bond donors (Lipinski definition) is 8. The van der Waals surface area contributed by atoms with Crippen molar-refractivity contribution in [3.8, 4) is 0 Å². The summed E-state index contributed by atoms with van der Waals surface area (Å²) in [5.41, 5.74) is 0. The zero-order valence-electron chi connectivity index (χ0n) is 12.8. The van der Waals surface area contributed by atoms with Crippen LogP contribution in [-0.2, 0) is 28.8 Å². The third-order valence-corrected chi connectivity index (χ3v) is 1.73. The van der Waals surface area contributed by atoms with Crippen molar-refractivity contribution >= 4 is 35.8 Å². The van der Waals surface area contributed by atoms with Crippen molar-refractivity contribution in [2.75, 3.05) is 0 Å². The molecule has 14 heteroatoms. The normalized spacial score (nSPS) is 11.6. The molecule has 0 amide bonds. The van der Waals surface area contributed by atoms with Crippen molar-refractivity contribution < 1.29 is 69.6 Å². The van der Waals surface area contributed by atoms with Gasteiger partial charge in [-0.25, -0.2) is 19.2 Å². The van der Waals surface area contributed by atoms with Crippen molar-refractivity contribution in [2.24, 2.45) is 0 Å². The van der Waals surface area contributed by atoms with Crippen LogP contribution in [0.3, 0.4) is 0 Å². The summed E-state index contributed by atoms with van der Waals surface area (Å²) >= 11 is 0. The molecule has 0 fully saturated rings. The first-order valence-electron chi connectivity index (χ1n) is 6.11. The van der Waals surface area contributed by atoms with Crippen molar-refractivity contribution in [1.29, 1.82) is 0 Å². The molecule has 14 nitrogen and oxygen atoms in total. The van der Waals surface area contributed by atoms with Gasteiger partial charge in [0.1, 0.15) is 0 Å². The Bertz CT molecular complexity index is 500. The van der Waals surface area contributed by atoms with Gasteiger partial charge in [0, 0.05) is 12.2 Å². The monoisotopic (exact) mass is 384 g/mol. The smallest absolute Gasteiger partial charge is 0.335 e. The Morgan fingerprint density at radius 2 is 0.808 bits per heavy atom. The third kappa shape index (κ3) is 22.8. The van der Waals surface area contributed by atoms with E-state index in [1.54, 1.807) is 0 Å². The van der Waals surface area contributed by atoms with Crippen LogP contribution >= 0.6 is 0 Å². The maximum atomic E-state index is 9.77. The van der Waals surface area contributed by atoms with Crippen LogP contribution in [0, 0.1) is 0 Å². The zero-order chi connectivity index (χ0) is 21.4. The van der Waals surface area contributed by atoms with E-state index in [2.05, 4.69) is 0 Å². The molecule has 0 rings (SSSR count). The predicted octanol–water partition coefficient (Wildman–Crippen LogP) is -2.47. The number of carboxylic acid groups (broad SMARTS) is 6. The predicted molar refractivity (Wildman–Crippen MR) is 76.2 cm³/mol. The maximum absolute atomic E-state index is 9.77. The first-order valence-corrected chi connectivity index (χ1v) is 6.11. The molecular weight excluding hydrogens is 368 g/mol. The molecule has 0 saturated heterocycles. The molecule has 0 aromatic heterocycles. The molecule has 8 N–H and O–H groups in total. The lowest BCUT2D eigenvalue weighted by Gasteiger charge is -2.07. The van der Waals surface area contributed by atoms with Crippen molar-refractivity contribution in [2.45, 2.75) is 25.0 Å². The second-order valence-corrected chi connectivity index (χ2v) is 3.86. The largest absolute Gasteiger partial charge is 0.481 e. The van der Waals surface area contributed by atoms with Gasteiger partial charge in [-0.1, -0.05) is 0 Å². The lowest BCUT2D eigenvalue weighted by molar-refractivity contribution is -0.165. The molecule has 2 unspecified atom stereocenters. The van der Waals surface area contributed by atoms with Gasteiger partial charge < -0.3 is 40.9 Å². The van der Waals surface area contributed by atoms with Crippen molar-refractivity contribution in [3.05, 3.63) is 12.2 Å². The van der Waals surface area contributed by atoms with Gasteiger partial charge in [-0.15, -0.1) is 0 Å². The lowest BCUT2D eigenvalue weighted by atomic mass is 10.2. The minimum Gasteiger partial charge on any atom is -0.481 e. The van der Waals surface area contributed by atoms with E-state index in [4.69, 9.17) is 40.9 Å². The van der Waals surface area contributed by atoms with E-state index in [1.165, 1.54) is 0 Å². The van der Waals surface area contributed by atoms with Crippen LogP contribution < -0.4 is 0 Å². The van der Waals surface area contributed by atoms with E-state index in [0.717, 1.165) is 0 Å². The number of carbonyl (C=O) groups is 6. The minimum atomic E-state index is -2.27. The Kier molecular flexibility index (Phi) is 15.8. The molecule has 0 aliphatic rings. The fourth-order valence-electron chi connectivity index (χ4n) is 0.627. The average Bonchev–Trinajstić information content (AvgIpc) is 2.50. The van der Waals surface area contributed by atoms with Crippen LogP contribution in [0.4, 0.5) is 0 Å². The molecule has 0 aliphatic carbocycles. The Balaban J connectivity index is -0.000000308. The Morgan fingerprint density at radius 1 is 0.577 bits per heavy atom. The molecule has 2 atom stereocenters. The van der Waals surface area contributed by atoms with Crippen molar-refractivity contribution in [1.82, 2.24) is 0 Å². The van der Waals surface area contributed by atoms with Gasteiger partial charge in [0.2, 0.25) is 0 Å². The van der Waals surface area contributed by atoms with Crippen LogP contribution in [0.2, 0.25) is 0 Å². The van der Waals surface area contributed by atoms with Crippen LogP contribution in [0.1, 0.15) is 12.8 Å². The summed E-state index contributed by atoms with van der Waals surface area (Å²) < 4.78 is 0. The summed E-state index contributed by atoms with van der Waals surface area (Å²) in [4.78, 5) is 57.9. The highest BCUT2D eigenvalue weighted by molar-refractivity contribution is 5.89. The standard InChI is InChI=1S/C4H6O6.C4H6O4.C4H4O4/c5-1(3(7)8)2(6)4(9)10;2*5-3(6)1-2-4(7)8/h1-2,5-6H,(H,7,8)(H,9,10);1-2H2,(H,5,6)(H,7,8);1-2H,(H,5,6)(H,7,8)/b;;2-1+. The number of hydrogen-bond acceptors (Lipinski definition) is 8. The summed E-state index contributed by atoms with van der Waals surface area (Å²) in [7, 11) is 0.